The molecular formula is C18H15IN2O3S. The summed E-state index contributed by atoms with van der Waals surface area (Å²) in [6.07, 6.45) is -0.173. The van der Waals surface area contributed by atoms with E-state index in [1.54, 1.807) is 24.3 Å². The summed E-state index contributed by atoms with van der Waals surface area (Å²) >= 11 is 3.48. The molecule has 0 aliphatic rings. The molecule has 1 N–H and O–H groups in total. The lowest BCUT2D eigenvalue weighted by atomic mass is 10.2. The fourth-order valence-electron chi connectivity index (χ4n) is 2.19. The number of nitrogens with zero attached hydrogens (tertiary/aromatic N) is 1. The van der Waals surface area contributed by atoms with E-state index < -0.39 is 0 Å². The Labute approximate surface area is 162 Å². The molecule has 0 aliphatic carbocycles. The highest BCUT2D eigenvalue weighted by molar-refractivity contribution is 14.1. The molecule has 5 nitrogen and oxygen atoms in total. The third-order valence-corrected chi connectivity index (χ3v) is 4.88. The first-order chi connectivity index (χ1) is 11.9. The average Bonchev–Trinajstić information content (AvgIpc) is 2.95. The van der Waals surface area contributed by atoms with Crippen molar-refractivity contribution in [2.75, 3.05) is 5.32 Å². The molecule has 25 heavy (non-hydrogen) atoms. The van der Waals surface area contributed by atoms with Crippen molar-refractivity contribution in [3.05, 3.63) is 57.2 Å². The minimum atomic E-state index is -0.366. The SMILES string of the molecule is CC(C)OC(=O)c1ccc2nc(NC(=O)c3cccc(I)c3)sc2c1. The number of anilines is 1. The third-order valence-electron chi connectivity index (χ3n) is 3.27. The Morgan fingerprint density at radius 2 is 1.96 bits per heavy atom. The lowest BCUT2D eigenvalue weighted by Gasteiger charge is -2.07. The van der Waals surface area contributed by atoms with Crippen molar-refractivity contribution in [1.82, 2.24) is 4.98 Å². The number of thiazole rings is 1. The predicted molar refractivity (Wildman–Crippen MR) is 107 cm³/mol. The highest BCUT2D eigenvalue weighted by atomic mass is 127. The molecule has 1 aromatic heterocycles. The summed E-state index contributed by atoms with van der Waals surface area (Å²) in [5, 5.41) is 3.30. The van der Waals surface area contributed by atoms with Crippen LogP contribution in [-0.4, -0.2) is 23.0 Å². The van der Waals surface area contributed by atoms with E-state index in [1.807, 2.05) is 32.0 Å². The van der Waals surface area contributed by atoms with Crippen LogP contribution in [0, 0.1) is 3.57 Å². The minimum absolute atomic E-state index is 0.173. The Hall–Kier alpha value is -2.00. The lowest BCUT2D eigenvalue weighted by Crippen LogP contribution is -2.11. The first-order valence-electron chi connectivity index (χ1n) is 7.61. The number of fused-ring (bicyclic) bond motifs is 1. The summed E-state index contributed by atoms with van der Waals surface area (Å²) in [4.78, 5) is 28.7. The zero-order valence-corrected chi connectivity index (χ0v) is 16.6. The molecule has 3 rings (SSSR count). The third kappa shape index (κ3) is 4.35. The standard InChI is InChI=1S/C18H15IN2O3S/c1-10(2)24-17(23)12-6-7-14-15(9-12)25-18(20-14)21-16(22)11-4-3-5-13(19)8-11/h3-10H,1-2H3,(H,20,21,22). The lowest BCUT2D eigenvalue weighted by molar-refractivity contribution is 0.0378. The van der Waals surface area contributed by atoms with E-state index >= 15 is 0 Å². The normalized spacial score (nSPS) is 10.9. The maximum Gasteiger partial charge on any atom is 0.338 e. The molecule has 128 valence electrons. The van der Waals surface area contributed by atoms with Gasteiger partial charge in [-0.25, -0.2) is 9.78 Å². The molecule has 1 heterocycles. The van der Waals surface area contributed by atoms with Crippen LogP contribution in [0.1, 0.15) is 34.6 Å². The van der Waals surface area contributed by atoms with Gasteiger partial charge in [0, 0.05) is 9.13 Å². The number of esters is 1. The maximum absolute atomic E-state index is 12.3. The number of hydrogen-bond acceptors (Lipinski definition) is 5. The van der Waals surface area contributed by atoms with E-state index in [9.17, 15) is 9.59 Å². The van der Waals surface area contributed by atoms with Crippen LogP contribution in [0.25, 0.3) is 10.2 Å². The summed E-state index contributed by atoms with van der Waals surface area (Å²) < 4.78 is 7.01. The largest absolute Gasteiger partial charge is 0.459 e. The van der Waals surface area contributed by atoms with Gasteiger partial charge < -0.3 is 4.74 Å². The van der Waals surface area contributed by atoms with Gasteiger partial charge in [-0.05, 0) is 72.8 Å². The molecule has 0 aliphatic heterocycles. The topological polar surface area (TPSA) is 68.3 Å². The molecule has 0 fully saturated rings. The van der Waals surface area contributed by atoms with Gasteiger partial charge in [-0.15, -0.1) is 0 Å². The monoisotopic (exact) mass is 466 g/mol. The summed E-state index contributed by atoms with van der Waals surface area (Å²) in [5.41, 5.74) is 1.77. The molecule has 1 amide bonds. The number of ether oxygens (including phenoxy) is 1. The second-order valence-corrected chi connectivity index (χ2v) is 7.90. The van der Waals surface area contributed by atoms with Gasteiger partial charge in [0.15, 0.2) is 5.13 Å². The van der Waals surface area contributed by atoms with Crippen LogP contribution in [0.15, 0.2) is 42.5 Å². The van der Waals surface area contributed by atoms with E-state index in [4.69, 9.17) is 4.74 Å². The number of carbonyl (C=O) groups is 2. The molecule has 0 unspecified atom stereocenters. The van der Waals surface area contributed by atoms with Crippen molar-refractivity contribution in [3.8, 4) is 0 Å². The second kappa shape index (κ2) is 7.49. The van der Waals surface area contributed by atoms with E-state index in [0.717, 1.165) is 13.8 Å². The molecule has 0 bridgehead atoms. The van der Waals surface area contributed by atoms with Gasteiger partial charge in [0.05, 0.1) is 21.9 Å². The number of halogens is 1. The molecule has 0 spiro atoms. The van der Waals surface area contributed by atoms with Crippen LogP contribution in [0.3, 0.4) is 0 Å². The van der Waals surface area contributed by atoms with Gasteiger partial charge in [0.1, 0.15) is 0 Å². The number of carbonyl (C=O) groups excluding carboxylic acids is 2. The number of aromatic nitrogens is 1. The molecule has 3 aromatic rings. The highest BCUT2D eigenvalue weighted by Crippen LogP contribution is 2.27. The fourth-order valence-corrected chi connectivity index (χ4v) is 3.63. The molecule has 0 radical (unpaired) electrons. The zero-order valence-electron chi connectivity index (χ0n) is 13.6. The molecule has 0 saturated heterocycles. The van der Waals surface area contributed by atoms with Crippen molar-refractivity contribution in [2.24, 2.45) is 0 Å². The van der Waals surface area contributed by atoms with E-state index in [2.05, 4.69) is 32.9 Å². The zero-order chi connectivity index (χ0) is 18.0. The smallest absolute Gasteiger partial charge is 0.338 e. The Kier molecular flexibility index (Phi) is 5.33. The van der Waals surface area contributed by atoms with Gasteiger partial charge in [0.25, 0.3) is 5.91 Å². The maximum atomic E-state index is 12.3. The van der Waals surface area contributed by atoms with Gasteiger partial charge in [-0.2, -0.15) is 0 Å². The predicted octanol–water partition coefficient (Wildman–Crippen LogP) is 4.72. The van der Waals surface area contributed by atoms with Crippen LogP contribution in [0.4, 0.5) is 5.13 Å². The number of rotatable bonds is 4. The summed E-state index contributed by atoms with van der Waals surface area (Å²) in [5.74, 6) is -0.577. The molecule has 0 saturated carbocycles. The number of hydrogen-bond donors (Lipinski definition) is 1. The van der Waals surface area contributed by atoms with Crippen LogP contribution in [0.5, 0.6) is 0 Å². The summed E-state index contributed by atoms with van der Waals surface area (Å²) in [6, 6.07) is 12.5. The molecular weight excluding hydrogens is 451 g/mol. The van der Waals surface area contributed by atoms with E-state index in [-0.39, 0.29) is 18.0 Å². The number of benzene rings is 2. The van der Waals surface area contributed by atoms with Crippen LogP contribution < -0.4 is 5.32 Å². The molecule has 7 heteroatoms. The molecule has 2 aromatic carbocycles. The Morgan fingerprint density at radius 3 is 2.68 bits per heavy atom. The Morgan fingerprint density at radius 1 is 1.16 bits per heavy atom. The van der Waals surface area contributed by atoms with E-state index in [1.165, 1.54) is 11.3 Å². The van der Waals surface area contributed by atoms with Gasteiger partial charge in [-0.1, -0.05) is 17.4 Å². The van der Waals surface area contributed by atoms with Gasteiger partial charge in [-0.3, -0.25) is 10.1 Å². The number of nitrogens with one attached hydrogen (secondary N) is 1. The van der Waals surface area contributed by atoms with Crippen LogP contribution in [-0.2, 0) is 4.74 Å². The van der Waals surface area contributed by atoms with Crippen molar-refractivity contribution >= 4 is 61.2 Å². The van der Waals surface area contributed by atoms with Gasteiger partial charge in [0.2, 0.25) is 0 Å². The van der Waals surface area contributed by atoms with Crippen molar-refractivity contribution < 1.29 is 14.3 Å². The van der Waals surface area contributed by atoms with Crippen molar-refractivity contribution in [3.63, 3.8) is 0 Å². The quantitative estimate of drug-likeness (QED) is 0.447. The van der Waals surface area contributed by atoms with Crippen LogP contribution in [0.2, 0.25) is 0 Å². The summed E-state index contributed by atoms with van der Waals surface area (Å²) in [7, 11) is 0. The minimum Gasteiger partial charge on any atom is -0.459 e. The van der Waals surface area contributed by atoms with Crippen molar-refractivity contribution in [2.45, 2.75) is 20.0 Å². The second-order valence-electron chi connectivity index (χ2n) is 5.62. The highest BCUT2D eigenvalue weighted by Gasteiger charge is 2.14. The Balaban J connectivity index is 1.81. The summed E-state index contributed by atoms with van der Waals surface area (Å²) in [6.45, 7) is 3.61. The van der Waals surface area contributed by atoms with Gasteiger partial charge >= 0.3 is 5.97 Å². The van der Waals surface area contributed by atoms with Crippen molar-refractivity contribution in [1.29, 1.82) is 0 Å². The number of amides is 1. The first kappa shape index (κ1) is 17.8. The van der Waals surface area contributed by atoms with Crippen LogP contribution >= 0.6 is 33.9 Å². The fraction of sp³-hybridized carbons (Fsp3) is 0.167. The molecule has 0 atom stereocenters. The van der Waals surface area contributed by atoms with E-state index in [0.29, 0.717) is 16.3 Å². The first-order valence-corrected chi connectivity index (χ1v) is 9.50. The average molecular weight is 466 g/mol. The Bertz CT molecular complexity index is 952.